The first-order valence-electron chi connectivity index (χ1n) is 21.2. The van der Waals surface area contributed by atoms with Crippen molar-refractivity contribution in [2.24, 2.45) is 0 Å². The summed E-state index contributed by atoms with van der Waals surface area (Å²) in [5.41, 5.74) is 14.5. The topological polar surface area (TPSA) is 16.4 Å². The predicted octanol–water partition coefficient (Wildman–Crippen LogP) is 17.2. The molecular weight excluding hydrogens is 751 g/mol. The molecule has 0 atom stereocenters. The summed E-state index contributed by atoms with van der Waals surface area (Å²) < 4.78 is 6.51. The Morgan fingerprint density at radius 3 is 1.55 bits per heavy atom. The molecular formula is C60H39NO. The van der Waals surface area contributed by atoms with Gasteiger partial charge >= 0.3 is 0 Å². The average molecular weight is 790 g/mol. The molecule has 0 aliphatic rings. The highest BCUT2D eigenvalue weighted by atomic mass is 16.3. The SMILES string of the molecule is c1ccc(-c2c(-c3ccc(N(c4ccc(-c5ccc6oc7c(-c8ccccc8)cccc7c6c5)cc4)c4ccc5ccc6ccccc6c5c4)cc3)ccc3ccccc23)cc1. The summed E-state index contributed by atoms with van der Waals surface area (Å²) in [6.45, 7) is 0. The summed E-state index contributed by atoms with van der Waals surface area (Å²) in [6, 6.07) is 85.4. The van der Waals surface area contributed by atoms with Crippen LogP contribution in [0.25, 0.3) is 98.8 Å². The van der Waals surface area contributed by atoms with Crippen molar-refractivity contribution in [3.05, 3.63) is 237 Å². The van der Waals surface area contributed by atoms with Gasteiger partial charge in [0, 0.05) is 33.4 Å². The second-order valence-electron chi connectivity index (χ2n) is 16.1. The molecule has 12 aromatic rings. The number of para-hydroxylation sites is 1. The molecule has 0 spiro atoms. The van der Waals surface area contributed by atoms with E-state index in [-0.39, 0.29) is 0 Å². The van der Waals surface area contributed by atoms with Crippen LogP contribution in [0.1, 0.15) is 0 Å². The number of rotatable bonds is 7. The zero-order chi connectivity index (χ0) is 41.0. The lowest BCUT2D eigenvalue weighted by Crippen LogP contribution is -2.10. The first-order chi connectivity index (χ1) is 30.7. The van der Waals surface area contributed by atoms with Gasteiger partial charge in [-0.1, -0.05) is 188 Å². The first-order valence-corrected chi connectivity index (χ1v) is 21.2. The minimum absolute atomic E-state index is 0.891. The van der Waals surface area contributed by atoms with Gasteiger partial charge in [-0.2, -0.15) is 0 Å². The van der Waals surface area contributed by atoms with Crippen molar-refractivity contribution in [2.45, 2.75) is 0 Å². The van der Waals surface area contributed by atoms with Crippen LogP contribution in [0.4, 0.5) is 17.1 Å². The summed E-state index contributed by atoms with van der Waals surface area (Å²) >= 11 is 0. The fraction of sp³-hybridized carbons (Fsp3) is 0. The van der Waals surface area contributed by atoms with Gasteiger partial charge in [0.25, 0.3) is 0 Å². The Hall–Kier alpha value is -8.20. The predicted molar refractivity (Wildman–Crippen MR) is 263 cm³/mol. The Bertz CT molecular complexity index is 3610. The number of benzene rings is 11. The van der Waals surface area contributed by atoms with Gasteiger partial charge in [-0.3, -0.25) is 0 Å². The minimum Gasteiger partial charge on any atom is -0.455 e. The van der Waals surface area contributed by atoms with Crippen molar-refractivity contribution in [3.8, 4) is 44.5 Å². The summed E-state index contributed by atoms with van der Waals surface area (Å²) in [6.07, 6.45) is 0. The van der Waals surface area contributed by atoms with E-state index in [0.29, 0.717) is 0 Å². The zero-order valence-corrected chi connectivity index (χ0v) is 33.9. The van der Waals surface area contributed by atoms with Gasteiger partial charge in [0.1, 0.15) is 11.2 Å². The van der Waals surface area contributed by atoms with E-state index < -0.39 is 0 Å². The van der Waals surface area contributed by atoms with E-state index in [9.17, 15) is 0 Å². The lowest BCUT2D eigenvalue weighted by molar-refractivity contribution is 0.670. The quantitative estimate of drug-likeness (QED) is 0.150. The van der Waals surface area contributed by atoms with Crippen molar-refractivity contribution in [3.63, 3.8) is 0 Å². The standard InChI is InChI=1S/C60H39NO/c1-3-12-41(13-4-1)54-20-11-21-55-57-38-47(30-37-58(57)62-60(54)55)40-24-31-48(32-25-40)61(50-35-28-45-23-22-42-14-7-9-18-51(42)56(45)39-50)49-33-26-44(27-34-49)53-36-29-43-15-8-10-19-52(43)59(53)46-16-5-2-6-17-46/h1-39H. The lowest BCUT2D eigenvalue weighted by atomic mass is 9.90. The molecule has 62 heavy (non-hydrogen) atoms. The van der Waals surface area contributed by atoms with Gasteiger partial charge in [-0.05, 0) is 120 Å². The van der Waals surface area contributed by atoms with Crippen LogP contribution in [-0.2, 0) is 0 Å². The largest absolute Gasteiger partial charge is 0.455 e. The van der Waals surface area contributed by atoms with E-state index in [1.54, 1.807) is 0 Å². The second-order valence-corrected chi connectivity index (χ2v) is 16.1. The van der Waals surface area contributed by atoms with E-state index >= 15 is 0 Å². The van der Waals surface area contributed by atoms with Crippen LogP contribution in [0.5, 0.6) is 0 Å². The van der Waals surface area contributed by atoms with E-state index in [2.05, 4.69) is 235 Å². The highest BCUT2D eigenvalue weighted by molar-refractivity contribution is 6.11. The number of fused-ring (bicyclic) bond motifs is 7. The van der Waals surface area contributed by atoms with Gasteiger partial charge in [0.05, 0.1) is 0 Å². The maximum absolute atomic E-state index is 6.51. The Labute approximate surface area is 360 Å². The van der Waals surface area contributed by atoms with Crippen LogP contribution in [0, 0.1) is 0 Å². The monoisotopic (exact) mass is 789 g/mol. The molecule has 290 valence electrons. The molecule has 2 heteroatoms. The number of anilines is 3. The van der Waals surface area contributed by atoms with Crippen LogP contribution >= 0.6 is 0 Å². The second kappa shape index (κ2) is 14.8. The van der Waals surface area contributed by atoms with Crippen LogP contribution in [0.3, 0.4) is 0 Å². The molecule has 12 rings (SSSR count). The van der Waals surface area contributed by atoms with Gasteiger partial charge in [-0.15, -0.1) is 0 Å². The molecule has 1 heterocycles. The maximum Gasteiger partial charge on any atom is 0.143 e. The molecule has 0 unspecified atom stereocenters. The molecule has 0 radical (unpaired) electrons. The van der Waals surface area contributed by atoms with Gasteiger partial charge < -0.3 is 9.32 Å². The zero-order valence-electron chi connectivity index (χ0n) is 33.9. The molecule has 0 saturated carbocycles. The van der Waals surface area contributed by atoms with E-state index in [1.165, 1.54) is 54.6 Å². The molecule has 0 amide bonds. The molecule has 0 aliphatic heterocycles. The number of nitrogens with zero attached hydrogens (tertiary/aromatic N) is 1. The third kappa shape index (κ3) is 6.12. The van der Waals surface area contributed by atoms with Crippen LogP contribution < -0.4 is 4.90 Å². The number of hydrogen-bond acceptors (Lipinski definition) is 2. The van der Waals surface area contributed by atoms with Crippen LogP contribution in [-0.4, -0.2) is 0 Å². The Kier molecular flexibility index (Phi) is 8.53. The normalized spacial score (nSPS) is 11.5. The first kappa shape index (κ1) is 35.7. The van der Waals surface area contributed by atoms with E-state index in [4.69, 9.17) is 4.42 Å². The van der Waals surface area contributed by atoms with Crippen molar-refractivity contribution in [2.75, 3.05) is 4.90 Å². The molecule has 1 aromatic heterocycles. The fourth-order valence-electron chi connectivity index (χ4n) is 9.42. The minimum atomic E-state index is 0.891. The summed E-state index contributed by atoms with van der Waals surface area (Å²) in [7, 11) is 0. The molecule has 0 fully saturated rings. The summed E-state index contributed by atoms with van der Waals surface area (Å²) in [5.74, 6) is 0. The van der Waals surface area contributed by atoms with Crippen molar-refractivity contribution in [1.82, 2.24) is 0 Å². The van der Waals surface area contributed by atoms with Crippen molar-refractivity contribution >= 4 is 71.3 Å². The molecule has 0 N–H and O–H groups in total. The highest BCUT2D eigenvalue weighted by Gasteiger charge is 2.18. The van der Waals surface area contributed by atoms with Crippen LogP contribution in [0.2, 0.25) is 0 Å². The third-order valence-electron chi connectivity index (χ3n) is 12.5. The Morgan fingerprint density at radius 2 is 0.806 bits per heavy atom. The van der Waals surface area contributed by atoms with Gasteiger partial charge in [-0.25, -0.2) is 0 Å². The molecule has 0 saturated heterocycles. The van der Waals surface area contributed by atoms with Crippen molar-refractivity contribution < 1.29 is 4.42 Å². The van der Waals surface area contributed by atoms with Crippen LogP contribution in [0.15, 0.2) is 241 Å². The highest BCUT2D eigenvalue weighted by Crippen LogP contribution is 2.43. The smallest absolute Gasteiger partial charge is 0.143 e. The van der Waals surface area contributed by atoms with E-state index in [0.717, 1.165) is 61.3 Å². The lowest BCUT2D eigenvalue weighted by Gasteiger charge is -2.26. The molecule has 0 aliphatic carbocycles. The average Bonchev–Trinajstić information content (AvgIpc) is 3.73. The Morgan fingerprint density at radius 1 is 0.274 bits per heavy atom. The summed E-state index contributed by atoms with van der Waals surface area (Å²) in [5, 5.41) is 9.67. The fourth-order valence-corrected chi connectivity index (χ4v) is 9.42. The molecule has 2 nitrogen and oxygen atoms in total. The number of furan rings is 1. The molecule has 0 bridgehead atoms. The molecule has 11 aromatic carbocycles. The number of hydrogen-bond donors (Lipinski definition) is 0. The van der Waals surface area contributed by atoms with E-state index in [1.807, 2.05) is 6.07 Å². The van der Waals surface area contributed by atoms with Gasteiger partial charge in [0.15, 0.2) is 0 Å². The van der Waals surface area contributed by atoms with Crippen molar-refractivity contribution in [1.29, 1.82) is 0 Å². The van der Waals surface area contributed by atoms with Gasteiger partial charge in [0.2, 0.25) is 0 Å². The Balaban J connectivity index is 0.965. The maximum atomic E-state index is 6.51. The summed E-state index contributed by atoms with van der Waals surface area (Å²) in [4.78, 5) is 2.38. The third-order valence-corrected chi connectivity index (χ3v) is 12.5.